The predicted octanol–water partition coefficient (Wildman–Crippen LogP) is 0.955. The van der Waals surface area contributed by atoms with E-state index in [4.69, 9.17) is 16.9 Å². The predicted molar refractivity (Wildman–Crippen MR) is 68.4 cm³/mol. The van der Waals surface area contributed by atoms with Crippen molar-refractivity contribution in [3.05, 3.63) is 28.8 Å². The van der Waals surface area contributed by atoms with Crippen LogP contribution in [0.25, 0.3) is 0 Å². The highest BCUT2D eigenvalue weighted by Crippen LogP contribution is 2.21. The maximum absolute atomic E-state index is 11.5. The van der Waals surface area contributed by atoms with Crippen LogP contribution in [0.15, 0.2) is 18.2 Å². The summed E-state index contributed by atoms with van der Waals surface area (Å²) >= 11 is 5.72. The summed E-state index contributed by atoms with van der Waals surface area (Å²) in [5, 5.41) is 7.71. The number of sulfonamides is 1. The van der Waals surface area contributed by atoms with Gasteiger partial charge in [-0.1, -0.05) is 11.6 Å². The van der Waals surface area contributed by atoms with E-state index in [9.17, 15) is 16.8 Å². The van der Waals surface area contributed by atoms with Gasteiger partial charge in [-0.2, -0.15) is 5.26 Å². The molecule has 0 fully saturated rings. The smallest absolute Gasteiger partial charge is 0.247 e. The van der Waals surface area contributed by atoms with Crippen molar-refractivity contribution >= 4 is 37.1 Å². The van der Waals surface area contributed by atoms with Gasteiger partial charge in [-0.3, -0.25) is 4.72 Å². The van der Waals surface area contributed by atoms with E-state index in [0.29, 0.717) is 0 Å². The largest absolute Gasteiger partial charge is 0.283 e. The second-order valence-corrected chi connectivity index (χ2v) is 8.20. The lowest BCUT2D eigenvalue weighted by Crippen LogP contribution is -2.22. The van der Waals surface area contributed by atoms with Crippen LogP contribution in [0.1, 0.15) is 5.56 Å². The molecule has 98 valence electrons. The zero-order chi connectivity index (χ0) is 14.0. The van der Waals surface area contributed by atoms with Crippen LogP contribution in [0.4, 0.5) is 5.69 Å². The number of nitrogens with one attached hydrogen (secondary N) is 1. The molecule has 0 aromatic heterocycles. The van der Waals surface area contributed by atoms with Crippen molar-refractivity contribution < 1.29 is 16.8 Å². The maximum atomic E-state index is 11.5. The summed E-state index contributed by atoms with van der Waals surface area (Å²) in [5.74, 6) is 0. The highest BCUT2D eigenvalue weighted by Gasteiger charge is 2.18. The van der Waals surface area contributed by atoms with E-state index in [-0.39, 0.29) is 16.3 Å². The van der Waals surface area contributed by atoms with Gasteiger partial charge in [0.2, 0.25) is 10.0 Å². The van der Waals surface area contributed by atoms with E-state index in [1.807, 2.05) is 6.07 Å². The van der Waals surface area contributed by atoms with E-state index in [1.165, 1.54) is 18.2 Å². The van der Waals surface area contributed by atoms with Gasteiger partial charge in [-0.25, -0.2) is 16.8 Å². The van der Waals surface area contributed by atoms with Crippen molar-refractivity contribution in [1.29, 1.82) is 5.26 Å². The molecule has 0 saturated heterocycles. The minimum atomic E-state index is -4.01. The van der Waals surface area contributed by atoms with Crippen LogP contribution in [0.2, 0.25) is 5.02 Å². The third-order valence-corrected chi connectivity index (χ3v) is 5.55. The summed E-state index contributed by atoms with van der Waals surface area (Å²) in [6.07, 6.45) is 0.817. The fraction of sp³-hybridized carbons (Fsp3) is 0.222. The van der Waals surface area contributed by atoms with Gasteiger partial charge < -0.3 is 0 Å². The van der Waals surface area contributed by atoms with Crippen molar-refractivity contribution in [3.63, 3.8) is 0 Å². The SMILES string of the molecule is CS(=O)(=O)CS(=O)(=O)Nc1ccc(C#N)c(Cl)c1. The Morgan fingerprint density at radius 3 is 2.39 bits per heavy atom. The van der Waals surface area contributed by atoms with E-state index >= 15 is 0 Å². The molecule has 18 heavy (non-hydrogen) atoms. The highest BCUT2D eigenvalue weighted by molar-refractivity contribution is 8.08. The van der Waals surface area contributed by atoms with Crippen molar-refractivity contribution in [2.75, 3.05) is 16.1 Å². The van der Waals surface area contributed by atoms with Gasteiger partial charge in [0, 0.05) is 6.26 Å². The lowest BCUT2D eigenvalue weighted by molar-refractivity contribution is 0.595. The highest BCUT2D eigenvalue weighted by atomic mass is 35.5. The first-order chi connectivity index (χ1) is 8.13. The summed E-state index contributed by atoms with van der Waals surface area (Å²) in [7, 11) is -7.67. The molecule has 0 bridgehead atoms. The molecule has 9 heteroatoms. The molecule has 0 aliphatic rings. The average Bonchev–Trinajstić information content (AvgIpc) is 2.12. The first-order valence-electron chi connectivity index (χ1n) is 4.51. The molecular formula is C9H9ClN2O4S2. The number of anilines is 1. The van der Waals surface area contributed by atoms with Gasteiger partial charge in [-0.15, -0.1) is 0 Å². The number of nitriles is 1. The summed E-state index contributed by atoms with van der Waals surface area (Å²) in [6, 6.07) is 5.71. The molecule has 6 nitrogen and oxygen atoms in total. The zero-order valence-corrected chi connectivity index (χ0v) is 11.6. The Balaban J connectivity index is 3.00. The van der Waals surface area contributed by atoms with Crippen LogP contribution < -0.4 is 4.72 Å². The number of sulfone groups is 1. The van der Waals surface area contributed by atoms with E-state index in [0.717, 1.165) is 6.26 Å². The average molecular weight is 309 g/mol. The minimum absolute atomic E-state index is 0.0806. The fourth-order valence-electron chi connectivity index (χ4n) is 1.16. The minimum Gasteiger partial charge on any atom is -0.283 e. The van der Waals surface area contributed by atoms with Crippen molar-refractivity contribution in [1.82, 2.24) is 0 Å². The number of hydrogen-bond acceptors (Lipinski definition) is 5. The van der Waals surface area contributed by atoms with Crippen molar-refractivity contribution in [3.8, 4) is 6.07 Å². The second kappa shape index (κ2) is 5.14. The van der Waals surface area contributed by atoms with Crippen LogP contribution in [0, 0.1) is 11.3 Å². The molecule has 1 aromatic carbocycles. The Labute approximate surface area is 110 Å². The van der Waals surface area contributed by atoms with Gasteiger partial charge in [0.05, 0.1) is 16.3 Å². The molecule has 0 unspecified atom stereocenters. The van der Waals surface area contributed by atoms with Gasteiger partial charge in [0.1, 0.15) is 6.07 Å². The Morgan fingerprint density at radius 2 is 1.94 bits per heavy atom. The quantitative estimate of drug-likeness (QED) is 0.892. The molecule has 0 atom stereocenters. The Kier molecular flexibility index (Phi) is 4.21. The zero-order valence-electron chi connectivity index (χ0n) is 9.21. The van der Waals surface area contributed by atoms with Crippen molar-refractivity contribution in [2.45, 2.75) is 0 Å². The number of benzene rings is 1. The molecule has 1 rings (SSSR count). The third-order valence-electron chi connectivity index (χ3n) is 1.73. The molecular weight excluding hydrogens is 300 g/mol. The van der Waals surface area contributed by atoms with Crippen LogP contribution >= 0.6 is 11.6 Å². The first-order valence-corrected chi connectivity index (χ1v) is 8.60. The third kappa shape index (κ3) is 4.52. The molecule has 0 aliphatic heterocycles. The van der Waals surface area contributed by atoms with Crippen LogP contribution in [0.5, 0.6) is 0 Å². The van der Waals surface area contributed by atoms with Crippen LogP contribution in [-0.2, 0) is 19.9 Å². The van der Waals surface area contributed by atoms with Crippen molar-refractivity contribution in [2.24, 2.45) is 0 Å². The molecule has 0 heterocycles. The number of rotatable bonds is 4. The van der Waals surface area contributed by atoms with E-state index in [2.05, 4.69) is 4.72 Å². The van der Waals surface area contributed by atoms with Crippen LogP contribution in [-0.4, -0.2) is 28.2 Å². The van der Waals surface area contributed by atoms with Gasteiger partial charge in [-0.05, 0) is 18.2 Å². The number of hydrogen-bond donors (Lipinski definition) is 1. The molecule has 0 spiro atoms. The molecule has 1 aromatic rings. The molecule has 0 saturated carbocycles. The molecule has 0 aliphatic carbocycles. The lowest BCUT2D eigenvalue weighted by atomic mass is 10.2. The molecule has 0 radical (unpaired) electrons. The lowest BCUT2D eigenvalue weighted by Gasteiger charge is -2.07. The first kappa shape index (κ1) is 14.8. The van der Waals surface area contributed by atoms with Crippen LogP contribution in [0.3, 0.4) is 0 Å². The summed E-state index contributed by atoms with van der Waals surface area (Å²) in [5.41, 5.74) is 0.297. The van der Waals surface area contributed by atoms with E-state index < -0.39 is 24.9 Å². The standard InChI is InChI=1S/C9H9ClN2O4S2/c1-17(13,14)6-18(15,16)12-8-3-2-7(5-11)9(10)4-8/h2-4,12H,6H2,1H3. The fourth-order valence-corrected chi connectivity index (χ4v) is 4.36. The molecule has 1 N–H and O–H groups in total. The second-order valence-electron chi connectivity index (χ2n) is 3.57. The summed E-state index contributed by atoms with van der Waals surface area (Å²) in [4.78, 5) is 0. The molecule has 0 amide bonds. The number of halogens is 1. The Hall–Kier alpha value is -1.30. The Morgan fingerprint density at radius 1 is 1.33 bits per heavy atom. The number of nitrogens with zero attached hydrogens (tertiary/aromatic N) is 1. The topological polar surface area (TPSA) is 104 Å². The Bertz CT molecular complexity index is 705. The summed E-state index contributed by atoms with van der Waals surface area (Å²) in [6.45, 7) is 0. The van der Waals surface area contributed by atoms with Gasteiger partial charge in [0.15, 0.2) is 14.9 Å². The maximum Gasteiger partial charge on any atom is 0.247 e. The van der Waals surface area contributed by atoms with Gasteiger partial charge in [0.25, 0.3) is 0 Å². The monoisotopic (exact) mass is 308 g/mol. The normalized spacial score (nSPS) is 11.8. The van der Waals surface area contributed by atoms with Gasteiger partial charge >= 0.3 is 0 Å². The summed E-state index contributed by atoms with van der Waals surface area (Å²) < 4.78 is 46.9. The van der Waals surface area contributed by atoms with E-state index in [1.54, 1.807) is 0 Å².